The second-order valence-electron chi connectivity index (χ2n) is 5.64. The van der Waals surface area contributed by atoms with Crippen molar-refractivity contribution in [3.05, 3.63) is 65.2 Å². The molecule has 1 heterocycles. The van der Waals surface area contributed by atoms with Gasteiger partial charge in [0.2, 0.25) is 10.0 Å². The zero-order chi connectivity index (χ0) is 18.2. The van der Waals surface area contributed by atoms with E-state index in [0.717, 1.165) is 27.6 Å². The average Bonchev–Trinajstić information content (AvgIpc) is 2.62. The van der Waals surface area contributed by atoms with E-state index >= 15 is 0 Å². The maximum atomic E-state index is 13.5. The molecule has 2 aromatic carbocycles. The first-order valence-corrected chi connectivity index (χ1v) is 8.90. The Kier molecular flexibility index (Phi) is 4.57. The molecule has 0 spiro atoms. The van der Waals surface area contributed by atoms with Crippen molar-refractivity contribution in [3.8, 4) is 0 Å². The molecule has 0 saturated carbocycles. The quantitative estimate of drug-likeness (QED) is 0.781. The zero-order valence-corrected chi connectivity index (χ0v) is 14.1. The fourth-order valence-corrected chi connectivity index (χ4v) is 4.43. The Morgan fingerprint density at radius 2 is 1.80 bits per heavy atom. The third kappa shape index (κ3) is 3.14. The molecule has 25 heavy (non-hydrogen) atoms. The molecule has 1 aliphatic heterocycles. The van der Waals surface area contributed by atoms with Gasteiger partial charge in [0.1, 0.15) is 6.04 Å². The third-order valence-electron chi connectivity index (χ3n) is 4.18. The molecule has 1 aliphatic rings. The van der Waals surface area contributed by atoms with E-state index < -0.39 is 38.6 Å². The van der Waals surface area contributed by atoms with Gasteiger partial charge in [0.25, 0.3) is 0 Å². The van der Waals surface area contributed by atoms with Crippen LogP contribution in [0.1, 0.15) is 11.1 Å². The number of carbonyl (C=O) groups is 1. The number of benzene rings is 2. The van der Waals surface area contributed by atoms with E-state index in [2.05, 4.69) is 0 Å². The van der Waals surface area contributed by atoms with Crippen molar-refractivity contribution in [2.75, 3.05) is 7.11 Å². The molecule has 0 unspecified atom stereocenters. The van der Waals surface area contributed by atoms with Gasteiger partial charge in [-0.15, -0.1) is 0 Å². The van der Waals surface area contributed by atoms with Crippen LogP contribution in [0.3, 0.4) is 0 Å². The highest BCUT2D eigenvalue weighted by atomic mass is 32.2. The zero-order valence-electron chi connectivity index (χ0n) is 13.3. The van der Waals surface area contributed by atoms with Gasteiger partial charge in [-0.3, -0.25) is 4.79 Å². The molecule has 0 fully saturated rings. The molecule has 0 aromatic heterocycles. The Morgan fingerprint density at radius 3 is 2.44 bits per heavy atom. The molecule has 132 valence electrons. The summed E-state index contributed by atoms with van der Waals surface area (Å²) in [7, 11) is -3.05. The predicted octanol–water partition coefficient (Wildman–Crippen LogP) is 2.25. The van der Waals surface area contributed by atoms with Gasteiger partial charge in [-0.25, -0.2) is 17.2 Å². The second kappa shape index (κ2) is 6.53. The lowest BCUT2D eigenvalue weighted by Crippen LogP contribution is -2.49. The first kappa shape index (κ1) is 17.5. The standard InChI is InChI=1S/C17H15F2NO4S/c1-24-17(21)16-8-11-4-2-3-5-12(11)10-20(16)25(22,23)13-6-7-14(18)15(19)9-13/h2-7,9,16H,8,10H2,1H3/t16-/m1/s1. The lowest BCUT2D eigenvalue weighted by atomic mass is 9.96. The third-order valence-corrected chi connectivity index (χ3v) is 6.03. The SMILES string of the molecule is COC(=O)[C@H]1Cc2ccccc2CN1S(=O)(=O)c1ccc(F)c(F)c1. The minimum Gasteiger partial charge on any atom is -0.468 e. The molecule has 0 aliphatic carbocycles. The summed E-state index contributed by atoms with van der Waals surface area (Å²) in [6.45, 7) is -0.0583. The highest BCUT2D eigenvalue weighted by Crippen LogP contribution is 2.30. The van der Waals surface area contributed by atoms with Gasteiger partial charge in [-0.05, 0) is 29.3 Å². The van der Waals surface area contributed by atoms with Gasteiger partial charge in [-0.2, -0.15) is 4.31 Å². The van der Waals surface area contributed by atoms with E-state index in [9.17, 15) is 22.0 Å². The highest BCUT2D eigenvalue weighted by Gasteiger charge is 2.40. The number of esters is 1. The number of halogens is 2. The van der Waals surface area contributed by atoms with Crippen LogP contribution in [0.2, 0.25) is 0 Å². The molecule has 0 radical (unpaired) electrons. The Morgan fingerprint density at radius 1 is 1.12 bits per heavy atom. The molecule has 5 nitrogen and oxygen atoms in total. The van der Waals surface area contributed by atoms with Crippen LogP contribution in [0.4, 0.5) is 8.78 Å². The molecule has 0 saturated heterocycles. The molecule has 0 bridgehead atoms. The van der Waals surface area contributed by atoms with Gasteiger partial charge in [0, 0.05) is 13.0 Å². The number of carbonyl (C=O) groups excluding carboxylic acids is 1. The summed E-state index contributed by atoms with van der Waals surface area (Å²) >= 11 is 0. The first-order valence-electron chi connectivity index (χ1n) is 7.46. The number of ether oxygens (including phenoxy) is 1. The minimum absolute atomic E-state index is 0.0583. The van der Waals surface area contributed by atoms with E-state index in [1.165, 1.54) is 7.11 Å². The average molecular weight is 367 g/mol. The summed E-state index contributed by atoms with van der Waals surface area (Å²) in [5, 5.41) is 0. The highest BCUT2D eigenvalue weighted by molar-refractivity contribution is 7.89. The maximum Gasteiger partial charge on any atom is 0.324 e. The fourth-order valence-electron chi connectivity index (χ4n) is 2.86. The van der Waals surface area contributed by atoms with Crippen molar-refractivity contribution in [1.82, 2.24) is 4.31 Å². The summed E-state index contributed by atoms with van der Waals surface area (Å²) in [4.78, 5) is 11.7. The lowest BCUT2D eigenvalue weighted by Gasteiger charge is -2.34. The Hall–Kier alpha value is -2.32. The number of rotatable bonds is 3. The van der Waals surface area contributed by atoms with Crippen LogP contribution in [-0.4, -0.2) is 31.8 Å². The van der Waals surface area contributed by atoms with Crippen LogP contribution in [0.5, 0.6) is 0 Å². The van der Waals surface area contributed by atoms with Crippen LogP contribution in [0.15, 0.2) is 47.4 Å². The monoisotopic (exact) mass is 367 g/mol. The van der Waals surface area contributed by atoms with E-state index in [4.69, 9.17) is 4.74 Å². The molecular weight excluding hydrogens is 352 g/mol. The molecule has 3 rings (SSSR count). The van der Waals surface area contributed by atoms with Crippen molar-refractivity contribution in [2.45, 2.75) is 23.9 Å². The number of hydrogen-bond donors (Lipinski definition) is 0. The number of sulfonamides is 1. The van der Waals surface area contributed by atoms with E-state index in [-0.39, 0.29) is 13.0 Å². The maximum absolute atomic E-state index is 13.5. The minimum atomic E-state index is -4.22. The van der Waals surface area contributed by atoms with Crippen LogP contribution in [0.25, 0.3) is 0 Å². The van der Waals surface area contributed by atoms with E-state index in [1.807, 2.05) is 6.07 Å². The van der Waals surface area contributed by atoms with Crippen molar-refractivity contribution < 1.29 is 26.7 Å². The Bertz CT molecular complexity index is 930. The van der Waals surface area contributed by atoms with Gasteiger partial charge in [0.05, 0.1) is 12.0 Å². The molecule has 8 heteroatoms. The summed E-state index contributed by atoms with van der Waals surface area (Å²) in [5.74, 6) is -3.12. The first-order chi connectivity index (χ1) is 11.8. The Labute approximate surface area is 143 Å². The second-order valence-corrected chi connectivity index (χ2v) is 7.53. The fraction of sp³-hybridized carbons (Fsp3) is 0.235. The summed E-state index contributed by atoms with van der Waals surface area (Å²) in [6, 6.07) is 8.39. The molecule has 0 amide bonds. The van der Waals surface area contributed by atoms with E-state index in [1.54, 1.807) is 18.2 Å². The van der Waals surface area contributed by atoms with Crippen LogP contribution >= 0.6 is 0 Å². The summed E-state index contributed by atoms with van der Waals surface area (Å²) < 4.78 is 58.2. The summed E-state index contributed by atoms with van der Waals surface area (Å²) in [6.07, 6.45) is 0.145. The smallest absolute Gasteiger partial charge is 0.324 e. The van der Waals surface area contributed by atoms with Crippen molar-refractivity contribution in [1.29, 1.82) is 0 Å². The van der Waals surface area contributed by atoms with E-state index in [0.29, 0.717) is 6.07 Å². The number of fused-ring (bicyclic) bond motifs is 1. The number of methoxy groups -OCH3 is 1. The number of nitrogens with zero attached hydrogens (tertiary/aromatic N) is 1. The predicted molar refractivity (Wildman–Crippen MR) is 85.0 cm³/mol. The largest absolute Gasteiger partial charge is 0.468 e. The lowest BCUT2D eigenvalue weighted by molar-refractivity contribution is -0.145. The van der Waals surface area contributed by atoms with Gasteiger partial charge < -0.3 is 4.74 Å². The van der Waals surface area contributed by atoms with Crippen LogP contribution in [-0.2, 0) is 32.5 Å². The van der Waals surface area contributed by atoms with Gasteiger partial charge in [-0.1, -0.05) is 24.3 Å². The molecule has 0 N–H and O–H groups in total. The van der Waals surface area contributed by atoms with Crippen LogP contribution in [0, 0.1) is 11.6 Å². The normalized spacial score (nSPS) is 17.8. The molecule has 2 aromatic rings. The van der Waals surface area contributed by atoms with Crippen molar-refractivity contribution in [3.63, 3.8) is 0 Å². The molecular formula is C17H15F2NO4S. The van der Waals surface area contributed by atoms with Crippen molar-refractivity contribution in [2.24, 2.45) is 0 Å². The molecule has 1 atom stereocenters. The summed E-state index contributed by atoms with van der Waals surface area (Å²) in [5.41, 5.74) is 1.59. The van der Waals surface area contributed by atoms with Crippen molar-refractivity contribution >= 4 is 16.0 Å². The number of hydrogen-bond acceptors (Lipinski definition) is 4. The van der Waals surface area contributed by atoms with Crippen LogP contribution < -0.4 is 0 Å². The topological polar surface area (TPSA) is 63.7 Å². The van der Waals surface area contributed by atoms with Gasteiger partial charge >= 0.3 is 5.97 Å². The van der Waals surface area contributed by atoms with Gasteiger partial charge in [0.15, 0.2) is 11.6 Å². The Balaban J connectivity index is 2.08.